The van der Waals surface area contributed by atoms with Gasteiger partial charge in [0.1, 0.15) is 0 Å². The number of rotatable bonds is 4. The highest BCUT2D eigenvalue weighted by atomic mass is 15.0. The Morgan fingerprint density at radius 2 is 2.07 bits per heavy atom. The van der Waals surface area contributed by atoms with Gasteiger partial charge in [0.15, 0.2) is 0 Å². The predicted molar refractivity (Wildman–Crippen MR) is 65.0 cm³/mol. The molecule has 0 bridgehead atoms. The van der Waals surface area contributed by atoms with Gasteiger partial charge >= 0.3 is 0 Å². The quantitative estimate of drug-likeness (QED) is 0.796. The Bertz CT molecular complexity index is 302. The molecule has 2 N–H and O–H groups in total. The Kier molecular flexibility index (Phi) is 4.09. The maximum atomic E-state index is 4.12. The molecule has 15 heavy (non-hydrogen) atoms. The van der Waals surface area contributed by atoms with Gasteiger partial charge in [0.2, 0.25) is 0 Å². The van der Waals surface area contributed by atoms with Crippen molar-refractivity contribution in [1.82, 2.24) is 10.3 Å². The van der Waals surface area contributed by atoms with Gasteiger partial charge < -0.3 is 10.6 Å². The molecule has 0 atom stereocenters. The highest BCUT2D eigenvalue weighted by Crippen LogP contribution is 2.14. The van der Waals surface area contributed by atoms with Crippen LogP contribution in [0.25, 0.3) is 0 Å². The summed E-state index contributed by atoms with van der Waals surface area (Å²) in [7, 11) is 0. The van der Waals surface area contributed by atoms with Crippen LogP contribution >= 0.6 is 0 Å². The first-order valence-electron chi connectivity index (χ1n) is 5.44. The summed E-state index contributed by atoms with van der Waals surface area (Å²) >= 11 is 0. The molecule has 0 aliphatic carbocycles. The molecule has 0 amide bonds. The predicted octanol–water partition coefficient (Wildman–Crippen LogP) is 2.40. The van der Waals surface area contributed by atoms with Crippen molar-refractivity contribution in [1.29, 1.82) is 0 Å². The van der Waals surface area contributed by atoms with Gasteiger partial charge in [-0.05, 0) is 39.3 Å². The molecule has 0 saturated heterocycles. The van der Waals surface area contributed by atoms with Crippen molar-refractivity contribution in [2.75, 3.05) is 11.9 Å². The normalized spacial score (nSPS) is 11.5. The van der Waals surface area contributed by atoms with Crippen molar-refractivity contribution < 1.29 is 0 Å². The van der Waals surface area contributed by atoms with Crippen molar-refractivity contribution in [3.8, 4) is 0 Å². The van der Waals surface area contributed by atoms with Crippen LogP contribution in [0.15, 0.2) is 18.5 Å². The van der Waals surface area contributed by atoms with Crippen LogP contribution in [0.4, 0.5) is 5.69 Å². The van der Waals surface area contributed by atoms with Crippen molar-refractivity contribution >= 4 is 5.69 Å². The van der Waals surface area contributed by atoms with Gasteiger partial charge in [-0.15, -0.1) is 0 Å². The van der Waals surface area contributed by atoms with Crippen LogP contribution in [0.1, 0.15) is 33.3 Å². The average molecular weight is 207 g/mol. The molecule has 0 unspecified atom stereocenters. The third-order valence-corrected chi connectivity index (χ3v) is 2.09. The van der Waals surface area contributed by atoms with Gasteiger partial charge in [0.05, 0.1) is 11.9 Å². The standard InChI is InChI=1S/C12H21N3/c1-5-14-11-9-13-7-6-10(11)8-15-12(2,3)4/h6-7,9,14-15H,5,8H2,1-4H3. The van der Waals surface area contributed by atoms with Crippen LogP contribution in [-0.4, -0.2) is 17.1 Å². The first-order valence-corrected chi connectivity index (χ1v) is 5.44. The molecule has 0 aliphatic rings. The Balaban J connectivity index is 2.67. The summed E-state index contributed by atoms with van der Waals surface area (Å²) in [6, 6.07) is 2.05. The van der Waals surface area contributed by atoms with E-state index in [0.29, 0.717) is 0 Å². The minimum Gasteiger partial charge on any atom is -0.384 e. The van der Waals surface area contributed by atoms with Crippen LogP contribution < -0.4 is 10.6 Å². The first kappa shape index (κ1) is 12.0. The van der Waals surface area contributed by atoms with Crippen molar-refractivity contribution in [3.63, 3.8) is 0 Å². The lowest BCUT2D eigenvalue weighted by Crippen LogP contribution is -2.35. The van der Waals surface area contributed by atoms with E-state index in [9.17, 15) is 0 Å². The fraction of sp³-hybridized carbons (Fsp3) is 0.583. The van der Waals surface area contributed by atoms with E-state index in [1.54, 1.807) is 0 Å². The first-order chi connectivity index (χ1) is 7.03. The summed E-state index contributed by atoms with van der Waals surface area (Å²) in [6.07, 6.45) is 3.71. The zero-order valence-electron chi connectivity index (χ0n) is 10.1. The summed E-state index contributed by atoms with van der Waals surface area (Å²) < 4.78 is 0. The Morgan fingerprint density at radius 3 is 2.67 bits per heavy atom. The number of hydrogen-bond donors (Lipinski definition) is 2. The number of anilines is 1. The van der Waals surface area contributed by atoms with Gasteiger partial charge in [0, 0.05) is 24.8 Å². The largest absolute Gasteiger partial charge is 0.384 e. The molecule has 3 nitrogen and oxygen atoms in total. The molecule has 0 saturated carbocycles. The molecule has 1 heterocycles. The highest BCUT2D eigenvalue weighted by molar-refractivity contribution is 5.48. The molecule has 3 heteroatoms. The lowest BCUT2D eigenvalue weighted by Gasteiger charge is -2.21. The molecule has 0 fully saturated rings. The van der Waals surface area contributed by atoms with Crippen LogP contribution in [-0.2, 0) is 6.54 Å². The monoisotopic (exact) mass is 207 g/mol. The van der Waals surface area contributed by atoms with E-state index < -0.39 is 0 Å². The van der Waals surface area contributed by atoms with E-state index in [4.69, 9.17) is 0 Å². The smallest absolute Gasteiger partial charge is 0.0572 e. The van der Waals surface area contributed by atoms with Gasteiger partial charge in [-0.3, -0.25) is 4.98 Å². The van der Waals surface area contributed by atoms with Crippen LogP contribution in [0.3, 0.4) is 0 Å². The zero-order valence-corrected chi connectivity index (χ0v) is 10.1. The summed E-state index contributed by atoms with van der Waals surface area (Å²) in [5.74, 6) is 0. The second-order valence-corrected chi connectivity index (χ2v) is 4.67. The van der Waals surface area contributed by atoms with Gasteiger partial charge in [-0.1, -0.05) is 0 Å². The van der Waals surface area contributed by atoms with Crippen LogP contribution in [0.2, 0.25) is 0 Å². The summed E-state index contributed by atoms with van der Waals surface area (Å²) in [5.41, 5.74) is 2.53. The highest BCUT2D eigenvalue weighted by Gasteiger charge is 2.09. The third-order valence-electron chi connectivity index (χ3n) is 2.09. The lowest BCUT2D eigenvalue weighted by atomic mass is 10.1. The number of aromatic nitrogens is 1. The molecular weight excluding hydrogens is 186 g/mol. The van der Waals surface area contributed by atoms with E-state index in [-0.39, 0.29) is 5.54 Å². The summed E-state index contributed by atoms with van der Waals surface area (Å²) in [6.45, 7) is 10.4. The van der Waals surface area contributed by atoms with Gasteiger partial charge in [-0.2, -0.15) is 0 Å². The minimum absolute atomic E-state index is 0.146. The van der Waals surface area contributed by atoms with Crippen LogP contribution in [0.5, 0.6) is 0 Å². The minimum atomic E-state index is 0.146. The lowest BCUT2D eigenvalue weighted by molar-refractivity contribution is 0.424. The Morgan fingerprint density at radius 1 is 1.33 bits per heavy atom. The van der Waals surface area contributed by atoms with E-state index in [1.807, 2.05) is 12.4 Å². The molecule has 0 spiro atoms. The number of hydrogen-bond acceptors (Lipinski definition) is 3. The molecular formula is C12H21N3. The number of nitrogens with one attached hydrogen (secondary N) is 2. The second kappa shape index (κ2) is 5.12. The molecule has 0 radical (unpaired) electrons. The molecule has 84 valence electrons. The fourth-order valence-corrected chi connectivity index (χ4v) is 1.29. The van der Waals surface area contributed by atoms with E-state index in [1.165, 1.54) is 5.56 Å². The maximum Gasteiger partial charge on any atom is 0.0572 e. The number of pyridine rings is 1. The third kappa shape index (κ3) is 4.30. The number of nitrogens with zero attached hydrogens (tertiary/aromatic N) is 1. The van der Waals surface area contributed by atoms with E-state index >= 15 is 0 Å². The molecule has 1 aromatic rings. The Labute approximate surface area is 92.3 Å². The summed E-state index contributed by atoms with van der Waals surface area (Å²) in [4.78, 5) is 4.12. The van der Waals surface area contributed by atoms with Gasteiger partial charge in [0.25, 0.3) is 0 Å². The second-order valence-electron chi connectivity index (χ2n) is 4.67. The molecule has 1 rings (SSSR count). The average Bonchev–Trinajstić information content (AvgIpc) is 2.16. The van der Waals surface area contributed by atoms with E-state index in [2.05, 4.69) is 49.4 Å². The molecule has 1 aromatic heterocycles. The van der Waals surface area contributed by atoms with Crippen molar-refractivity contribution in [2.24, 2.45) is 0 Å². The van der Waals surface area contributed by atoms with E-state index in [0.717, 1.165) is 18.8 Å². The van der Waals surface area contributed by atoms with Gasteiger partial charge in [-0.25, -0.2) is 0 Å². The maximum absolute atomic E-state index is 4.12. The zero-order chi connectivity index (χ0) is 11.3. The van der Waals surface area contributed by atoms with Crippen molar-refractivity contribution in [3.05, 3.63) is 24.0 Å². The van der Waals surface area contributed by atoms with Crippen molar-refractivity contribution in [2.45, 2.75) is 39.8 Å². The van der Waals surface area contributed by atoms with Crippen LogP contribution in [0, 0.1) is 0 Å². The summed E-state index contributed by atoms with van der Waals surface area (Å²) in [5, 5.41) is 6.78. The molecule has 0 aliphatic heterocycles. The fourth-order valence-electron chi connectivity index (χ4n) is 1.29. The SMILES string of the molecule is CCNc1cnccc1CNC(C)(C)C. The molecule has 0 aromatic carbocycles. The Hall–Kier alpha value is -1.09. The topological polar surface area (TPSA) is 37.0 Å².